The van der Waals surface area contributed by atoms with Crippen LogP contribution in [0.1, 0.15) is 99.3 Å². The van der Waals surface area contributed by atoms with Crippen LogP contribution in [0.15, 0.2) is 145 Å². The van der Waals surface area contributed by atoms with Gasteiger partial charge >= 0.3 is 6.09 Å². The maximum Gasteiger partial charge on any atom is 0.410 e. The van der Waals surface area contributed by atoms with Crippen molar-refractivity contribution < 1.29 is 18.7 Å². The molecule has 2 aromatic heterocycles. The molecule has 2 fully saturated rings. The van der Waals surface area contributed by atoms with Gasteiger partial charge in [-0.25, -0.2) is 19.2 Å². The molecule has 352 valence electrons. The average Bonchev–Trinajstić information content (AvgIpc) is 3.93. The lowest BCUT2D eigenvalue weighted by atomic mass is 9.77. The minimum atomic E-state index is -0.924. The first kappa shape index (κ1) is 46.0. The van der Waals surface area contributed by atoms with E-state index in [1.54, 1.807) is 22.7 Å². The van der Waals surface area contributed by atoms with Crippen LogP contribution in [0.2, 0.25) is 0 Å². The molecule has 2 aliphatic rings. The number of anilines is 1. The predicted octanol–water partition coefficient (Wildman–Crippen LogP) is 13.5. The number of hydrogen-bond acceptors (Lipinski definition) is 8. The number of likely N-dealkylation sites (tertiary alicyclic amines) is 1. The van der Waals surface area contributed by atoms with Crippen LogP contribution in [-0.4, -0.2) is 68.3 Å². The second kappa shape index (κ2) is 18.6. The van der Waals surface area contributed by atoms with Crippen molar-refractivity contribution in [3.63, 3.8) is 0 Å². The zero-order valence-electron chi connectivity index (χ0n) is 40.4. The maximum atomic E-state index is 17.1. The number of halogens is 1. The molecule has 9 nitrogen and oxygen atoms in total. The quantitative estimate of drug-likeness (QED) is 0.0642. The van der Waals surface area contributed by atoms with Gasteiger partial charge in [0.15, 0.2) is 10.9 Å². The fraction of sp³-hybridized carbons (Fsp3) is 0.310. The number of aromatic nitrogens is 4. The second-order valence-corrected chi connectivity index (χ2v) is 20.7. The van der Waals surface area contributed by atoms with Gasteiger partial charge in [-0.1, -0.05) is 140 Å². The molecule has 69 heavy (non-hydrogen) atoms. The summed E-state index contributed by atoms with van der Waals surface area (Å²) in [6.45, 7) is 12.8. The molecule has 1 saturated heterocycles. The monoisotopic (exact) mass is 938 g/mol. The molecule has 0 N–H and O–H groups in total. The van der Waals surface area contributed by atoms with Gasteiger partial charge < -0.3 is 19.3 Å². The lowest BCUT2D eigenvalue weighted by Gasteiger charge is -2.36. The van der Waals surface area contributed by atoms with E-state index in [2.05, 4.69) is 123 Å². The molecule has 2 atom stereocenters. The van der Waals surface area contributed by atoms with Crippen molar-refractivity contribution >= 4 is 45.5 Å². The molecule has 0 unspecified atom stereocenters. The Morgan fingerprint density at radius 3 is 1.99 bits per heavy atom. The molecule has 1 aliphatic carbocycles. The molecule has 0 spiro atoms. The number of nitrogens with zero attached hydrogens (tertiary/aromatic N) is 6. The van der Waals surface area contributed by atoms with Crippen LogP contribution in [-0.2, 0) is 10.3 Å². The summed E-state index contributed by atoms with van der Waals surface area (Å²) in [5.74, 6) is 1.96. The number of carbonyl (C=O) groups excluding carboxylic acids is 1. The van der Waals surface area contributed by atoms with Crippen LogP contribution in [0, 0.1) is 12.7 Å². The van der Waals surface area contributed by atoms with Gasteiger partial charge in [-0.05, 0) is 105 Å². The Balaban J connectivity index is 1.24. The van der Waals surface area contributed by atoms with Gasteiger partial charge in [0.1, 0.15) is 34.4 Å². The first-order valence-electron chi connectivity index (χ1n) is 24.1. The van der Waals surface area contributed by atoms with Crippen molar-refractivity contribution in [1.82, 2.24) is 24.6 Å². The van der Waals surface area contributed by atoms with Gasteiger partial charge in [-0.3, -0.25) is 4.68 Å². The minimum Gasteiger partial charge on any atom is -0.483 e. The summed E-state index contributed by atoms with van der Waals surface area (Å²) in [5.41, 5.74) is 6.86. The van der Waals surface area contributed by atoms with Crippen molar-refractivity contribution in [2.24, 2.45) is 0 Å². The number of fused-ring (bicyclic) bond motifs is 2. The highest BCUT2D eigenvalue weighted by molar-refractivity contribution is 7.99. The molecule has 0 radical (unpaired) electrons. The lowest BCUT2D eigenvalue weighted by molar-refractivity contribution is 0.0292. The number of carbonyl (C=O) groups is 1. The summed E-state index contributed by atoms with van der Waals surface area (Å²) in [6, 6.07) is 45.3. The van der Waals surface area contributed by atoms with Gasteiger partial charge in [0.05, 0.1) is 5.52 Å². The third kappa shape index (κ3) is 8.71. The number of likely N-dealkylation sites (N-methyl/N-ethyl adjacent to an activating group) is 1. The van der Waals surface area contributed by atoms with E-state index in [9.17, 15) is 4.79 Å². The first-order chi connectivity index (χ1) is 33.3. The molecule has 0 bridgehead atoms. The standard InChI is InChI=1S/C58H59FN6O3S/c1-8-69-55-60-52-46(54(61-55)63(7)44-31-32-64(35-44)56(66)68-57(4,5)6)33-45(40-29-30-40)51(53(52)67-38(3)39-21-13-9-14-22-39)50-37(2)48(59)34-49-47(50)36-65(62-49)58(41-23-15-10-16-24-41,42-25-17-11-18-26-42)43-27-19-12-20-28-43/h9-28,33-34,36,38,40,44H,8,29-32,35H2,1-7H3/t38-,44-/m0/s1. The summed E-state index contributed by atoms with van der Waals surface area (Å²) in [6.07, 6.45) is 4.11. The molecule has 1 saturated carbocycles. The molecule has 1 amide bonds. The van der Waals surface area contributed by atoms with E-state index in [1.165, 1.54) is 0 Å². The van der Waals surface area contributed by atoms with E-state index in [0.29, 0.717) is 40.6 Å². The van der Waals surface area contributed by atoms with E-state index in [0.717, 1.165) is 80.5 Å². The van der Waals surface area contributed by atoms with E-state index < -0.39 is 17.2 Å². The van der Waals surface area contributed by atoms with Crippen molar-refractivity contribution in [3.05, 3.63) is 179 Å². The van der Waals surface area contributed by atoms with Crippen LogP contribution in [0.25, 0.3) is 32.9 Å². The molecule has 10 rings (SSSR count). The van der Waals surface area contributed by atoms with Crippen LogP contribution in [0.3, 0.4) is 0 Å². The topological polar surface area (TPSA) is 85.6 Å². The Labute approximate surface area is 408 Å². The summed E-state index contributed by atoms with van der Waals surface area (Å²) in [5, 5.41) is 7.69. The SMILES string of the molecule is CCSc1nc(N(C)[C@H]2CCN(C(=O)OC(C)(C)C)C2)c2cc(C3CC3)c(-c3c(C)c(F)cc4nn(C(c5ccccc5)(c5ccccc5)c5ccccc5)cc34)c(O[C@@H](C)c3ccccc3)c2n1. The van der Waals surface area contributed by atoms with Crippen LogP contribution >= 0.6 is 11.8 Å². The number of ether oxygens (including phenoxy) is 2. The Morgan fingerprint density at radius 1 is 0.826 bits per heavy atom. The van der Waals surface area contributed by atoms with Crippen LogP contribution < -0.4 is 9.64 Å². The van der Waals surface area contributed by atoms with Gasteiger partial charge in [0, 0.05) is 60.3 Å². The molecule has 1 aliphatic heterocycles. The molecular weight excluding hydrogens is 880 g/mol. The van der Waals surface area contributed by atoms with E-state index in [4.69, 9.17) is 24.5 Å². The molecule has 11 heteroatoms. The smallest absolute Gasteiger partial charge is 0.410 e. The van der Waals surface area contributed by atoms with Crippen LogP contribution in [0.4, 0.5) is 15.0 Å². The van der Waals surface area contributed by atoms with Crippen LogP contribution in [0.5, 0.6) is 5.75 Å². The predicted molar refractivity (Wildman–Crippen MR) is 276 cm³/mol. The van der Waals surface area contributed by atoms with Gasteiger partial charge in [0.2, 0.25) is 0 Å². The lowest BCUT2D eigenvalue weighted by Crippen LogP contribution is -2.39. The molecule has 8 aromatic rings. The fourth-order valence-corrected chi connectivity index (χ4v) is 10.7. The second-order valence-electron chi connectivity index (χ2n) is 19.4. The highest BCUT2D eigenvalue weighted by atomic mass is 32.2. The summed E-state index contributed by atoms with van der Waals surface area (Å²) in [7, 11) is 2.07. The molecular formula is C58H59FN6O3S. The first-order valence-corrected chi connectivity index (χ1v) is 25.1. The fourth-order valence-electron chi connectivity index (χ4n) is 10.1. The maximum absolute atomic E-state index is 17.1. The zero-order valence-corrected chi connectivity index (χ0v) is 41.3. The number of rotatable bonds is 13. The van der Waals surface area contributed by atoms with Crippen molar-refractivity contribution in [1.29, 1.82) is 0 Å². The third-order valence-corrected chi connectivity index (χ3v) is 14.4. The Hall–Kier alpha value is -6.72. The minimum absolute atomic E-state index is 0.0261. The molecule has 3 heterocycles. The van der Waals surface area contributed by atoms with E-state index in [-0.39, 0.29) is 23.9 Å². The normalized spacial score (nSPS) is 15.7. The summed E-state index contributed by atoms with van der Waals surface area (Å²) < 4.78 is 32.3. The van der Waals surface area contributed by atoms with Gasteiger partial charge in [-0.15, -0.1) is 0 Å². The van der Waals surface area contributed by atoms with Crippen molar-refractivity contribution in [2.45, 2.75) is 95.2 Å². The van der Waals surface area contributed by atoms with Gasteiger partial charge in [-0.2, -0.15) is 5.10 Å². The number of hydrogen-bond donors (Lipinski definition) is 0. The summed E-state index contributed by atoms with van der Waals surface area (Å²) >= 11 is 1.57. The Bertz CT molecular complexity index is 3040. The van der Waals surface area contributed by atoms with E-state index >= 15 is 4.39 Å². The Morgan fingerprint density at radius 2 is 1.42 bits per heavy atom. The highest BCUT2D eigenvalue weighted by Gasteiger charge is 2.41. The zero-order chi connectivity index (χ0) is 48.0. The number of thioether (sulfide) groups is 1. The summed E-state index contributed by atoms with van der Waals surface area (Å²) in [4.78, 5) is 28.0. The van der Waals surface area contributed by atoms with E-state index in [1.807, 2.05) is 68.8 Å². The largest absolute Gasteiger partial charge is 0.483 e. The van der Waals surface area contributed by atoms with Crippen molar-refractivity contribution in [3.8, 4) is 16.9 Å². The van der Waals surface area contributed by atoms with Crippen molar-refractivity contribution in [2.75, 3.05) is 30.8 Å². The molecule has 6 aromatic carbocycles. The Kier molecular flexibility index (Phi) is 12.4. The highest BCUT2D eigenvalue weighted by Crippen LogP contribution is 2.54. The average molecular weight is 939 g/mol. The number of benzene rings is 6. The third-order valence-electron chi connectivity index (χ3n) is 13.7. The number of amides is 1. The van der Waals surface area contributed by atoms with Gasteiger partial charge in [0.25, 0.3) is 0 Å².